The molecule has 136 valence electrons. The van der Waals surface area contributed by atoms with Gasteiger partial charge in [-0.3, -0.25) is 9.69 Å². The van der Waals surface area contributed by atoms with Crippen molar-refractivity contribution in [3.8, 4) is 0 Å². The summed E-state index contributed by atoms with van der Waals surface area (Å²) in [6.45, 7) is 0.653. The Morgan fingerprint density at radius 3 is 2.85 bits per heavy atom. The van der Waals surface area contributed by atoms with Gasteiger partial charge in [-0.2, -0.15) is 0 Å². The molecule has 0 saturated carbocycles. The van der Waals surface area contributed by atoms with Crippen LogP contribution in [-0.2, 0) is 16.1 Å². The molecule has 2 heterocycles. The molecule has 1 aromatic carbocycles. The number of ether oxygens (including phenoxy) is 1. The van der Waals surface area contributed by atoms with Crippen molar-refractivity contribution in [3.63, 3.8) is 0 Å². The van der Waals surface area contributed by atoms with Crippen molar-refractivity contribution in [2.75, 3.05) is 17.6 Å². The quantitative estimate of drug-likeness (QED) is 0.794. The number of carbonyl (C=O) groups excluding carboxylic acids is 2. The number of halogens is 1. The Morgan fingerprint density at radius 2 is 2.12 bits per heavy atom. The van der Waals surface area contributed by atoms with Crippen LogP contribution in [0.5, 0.6) is 0 Å². The normalized spacial score (nSPS) is 16.3. The summed E-state index contributed by atoms with van der Waals surface area (Å²) >= 11 is 3.27. The number of amides is 2. The maximum Gasteiger partial charge on any atom is 0.410 e. The van der Waals surface area contributed by atoms with E-state index in [1.807, 2.05) is 30.3 Å². The molecule has 3 N–H and O–H groups in total. The summed E-state index contributed by atoms with van der Waals surface area (Å²) in [7, 11) is 0. The van der Waals surface area contributed by atoms with Crippen molar-refractivity contribution in [1.82, 2.24) is 9.88 Å². The van der Waals surface area contributed by atoms with Crippen LogP contribution in [0.3, 0.4) is 0 Å². The summed E-state index contributed by atoms with van der Waals surface area (Å²) in [6, 6.07) is 10.5. The van der Waals surface area contributed by atoms with E-state index in [0.717, 1.165) is 16.5 Å². The number of benzene rings is 1. The number of nitrogens with zero attached hydrogens (tertiary/aromatic N) is 2. The third-order valence-corrected chi connectivity index (χ3v) is 4.55. The van der Waals surface area contributed by atoms with E-state index in [2.05, 4.69) is 26.2 Å². The topological polar surface area (TPSA) is 97.5 Å². The molecule has 1 aromatic heterocycles. The lowest BCUT2D eigenvalue weighted by Gasteiger charge is -2.23. The first-order valence-corrected chi connectivity index (χ1v) is 9.03. The van der Waals surface area contributed by atoms with Crippen LogP contribution >= 0.6 is 15.9 Å². The van der Waals surface area contributed by atoms with E-state index in [-0.39, 0.29) is 18.3 Å². The highest BCUT2D eigenvalue weighted by Gasteiger charge is 2.35. The van der Waals surface area contributed by atoms with E-state index in [1.165, 1.54) is 4.90 Å². The van der Waals surface area contributed by atoms with E-state index in [9.17, 15) is 9.59 Å². The molecule has 1 aliphatic heterocycles. The number of aromatic nitrogens is 1. The van der Waals surface area contributed by atoms with E-state index < -0.39 is 12.1 Å². The fraction of sp³-hybridized carbons (Fsp3) is 0.278. The van der Waals surface area contributed by atoms with Crippen molar-refractivity contribution >= 4 is 39.4 Å². The number of anilines is 2. The standard InChI is InChI=1S/C18H19BrN4O3/c19-13-9-14(20)16(21-10-13)22-17(24)15-7-4-8-23(15)18(25)26-11-12-5-2-1-3-6-12/h1-3,5-6,9-10,15H,4,7-8,11,20H2,(H,21,22,24). The summed E-state index contributed by atoms with van der Waals surface area (Å²) in [4.78, 5) is 30.5. The van der Waals surface area contributed by atoms with Crippen LogP contribution in [0.25, 0.3) is 0 Å². The van der Waals surface area contributed by atoms with Crippen molar-refractivity contribution in [3.05, 3.63) is 52.6 Å². The minimum atomic E-state index is -0.594. The molecule has 1 atom stereocenters. The van der Waals surface area contributed by atoms with Gasteiger partial charge in [-0.15, -0.1) is 0 Å². The first-order chi connectivity index (χ1) is 12.5. The Balaban J connectivity index is 1.61. The molecular weight excluding hydrogens is 400 g/mol. The summed E-state index contributed by atoms with van der Waals surface area (Å²) in [5.41, 5.74) is 7.11. The molecule has 0 bridgehead atoms. The largest absolute Gasteiger partial charge is 0.445 e. The summed E-state index contributed by atoms with van der Waals surface area (Å²) < 4.78 is 6.06. The second-order valence-corrected chi connectivity index (χ2v) is 6.89. The van der Waals surface area contributed by atoms with Gasteiger partial charge in [-0.25, -0.2) is 9.78 Å². The molecule has 26 heavy (non-hydrogen) atoms. The van der Waals surface area contributed by atoms with Gasteiger partial charge in [-0.1, -0.05) is 30.3 Å². The van der Waals surface area contributed by atoms with Gasteiger partial charge >= 0.3 is 6.09 Å². The number of nitrogens with one attached hydrogen (secondary N) is 1. The highest BCUT2D eigenvalue weighted by molar-refractivity contribution is 9.10. The number of carbonyl (C=O) groups is 2. The van der Waals surface area contributed by atoms with Crippen LogP contribution in [0.15, 0.2) is 47.1 Å². The molecule has 0 spiro atoms. The molecule has 1 unspecified atom stereocenters. The number of nitrogen functional groups attached to an aromatic ring is 1. The molecule has 1 saturated heterocycles. The maximum atomic E-state index is 12.6. The van der Waals surface area contributed by atoms with Gasteiger partial charge in [0.05, 0.1) is 5.69 Å². The van der Waals surface area contributed by atoms with Gasteiger partial charge in [0.15, 0.2) is 5.82 Å². The van der Waals surface area contributed by atoms with Gasteiger partial charge in [0, 0.05) is 17.2 Å². The number of hydrogen-bond donors (Lipinski definition) is 2. The monoisotopic (exact) mass is 418 g/mol. The van der Waals surface area contributed by atoms with Crippen molar-refractivity contribution in [1.29, 1.82) is 0 Å². The Morgan fingerprint density at radius 1 is 1.35 bits per heavy atom. The van der Waals surface area contributed by atoms with Gasteiger partial charge in [0.2, 0.25) is 5.91 Å². The zero-order chi connectivity index (χ0) is 18.5. The molecule has 8 heteroatoms. The zero-order valence-corrected chi connectivity index (χ0v) is 15.6. The van der Waals surface area contributed by atoms with E-state index in [4.69, 9.17) is 10.5 Å². The summed E-state index contributed by atoms with van der Waals surface area (Å²) in [5, 5.41) is 2.69. The number of pyridine rings is 1. The van der Waals surface area contributed by atoms with Crippen LogP contribution in [0.4, 0.5) is 16.3 Å². The van der Waals surface area contributed by atoms with Crippen molar-refractivity contribution < 1.29 is 14.3 Å². The fourth-order valence-electron chi connectivity index (χ4n) is 2.82. The first-order valence-electron chi connectivity index (χ1n) is 8.24. The highest BCUT2D eigenvalue weighted by Crippen LogP contribution is 2.23. The lowest BCUT2D eigenvalue weighted by molar-refractivity contribution is -0.120. The Hall–Kier alpha value is -2.61. The average Bonchev–Trinajstić information content (AvgIpc) is 3.13. The van der Waals surface area contributed by atoms with E-state index >= 15 is 0 Å². The minimum Gasteiger partial charge on any atom is -0.445 e. The second-order valence-electron chi connectivity index (χ2n) is 5.97. The highest BCUT2D eigenvalue weighted by atomic mass is 79.9. The minimum absolute atomic E-state index is 0.172. The molecular formula is C18H19BrN4O3. The fourth-order valence-corrected chi connectivity index (χ4v) is 3.17. The lowest BCUT2D eigenvalue weighted by atomic mass is 10.2. The van der Waals surface area contributed by atoms with Crippen molar-refractivity contribution in [2.45, 2.75) is 25.5 Å². The van der Waals surface area contributed by atoms with Gasteiger partial charge < -0.3 is 15.8 Å². The molecule has 1 aliphatic rings. The molecule has 2 aromatic rings. The molecule has 1 fully saturated rings. The van der Waals surface area contributed by atoms with Gasteiger partial charge in [0.1, 0.15) is 12.6 Å². The average molecular weight is 419 g/mol. The Kier molecular flexibility index (Phi) is 5.72. The third-order valence-electron chi connectivity index (χ3n) is 4.12. The SMILES string of the molecule is Nc1cc(Br)cnc1NC(=O)C1CCCN1C(=O)OCc1ccccc1. The first kappa shape index (κ1) is 18.2. The molecule has 7 nitrogen and oxygen atoms in total. The van der Waals surface area contributed by atoms with E-state index in [1.54, 1.807) is 12.3 Å². The van der Waals surface area contributed by atoms with Gasteiger partial charge in [-0.05, 0) is 40.4 Å². The maximum absolute atomic E-state index is 12.6. The van der Waals surface area contributed by atoms with Gasteiger partial charge in [0.25, 0.3) is 0 Å². The predicted molar refractivity (Wildman–Crippen MR) is 101 cm³/mol. The number of likely N-dealkylation sites (tertiary alicyclic amines) is 1. The number of hydrogen-bond acceptors (Lipinski definition) is 5. The molecule has 3 rings (SSSR count). The number of rotatable bonds is 4. The predicted octanol–water partition coefficient (Wildman–Crippen LogP) is 3.17. The molecule has 0 aliphatic carbocycles. The Labute approximate surface area is 159 Å². The van der Waals surface area contributed by atoms with Crippen LogP contribution < -0.4 is 11.1 Å². The van der Waals surface area contributed by atoms with Crippen molar-refractivity contribution in [2.24, 2.45) is 0 Å². The zero-order valence-electron chi connectivity index (χ0n) is 14.0. The van der Waals surface area contributed by atoms with E-state index in [0.29, 0.717) is 18.7 Å². The number of nitrogens with two attached hydrogens (primary N) is 1. The lowest BCUT2D eigenvalue weighted by Crippen LogP contribution is -2.43. The smallest absolute Gasteiger partial charge is 0.410 e. The second kappa shape index (κ2) is 8.18. The van der Waals surface area contributed by atoms with Crippen LogP contribution in [-0.4, -0.2) is 34.5 Å². The summed E-state index contributed by atoms with van der Waals surface area (Å²) in [6.07, 6.45) is 2.36. The van der Waals surface area contributed by atoms with Crippen LogP contribution in [0.2, 0.25) is 0 Å². The molecule has 2 amide bonds. The summed E-state index contributed by atoms with van der Waals surface area (Å²) in [5.74, 6) is -0.0385. The van der Waals surface area contributed by atoms with Crippen LogP contribution in [0.1, 0.15) is 18.4 Å². The molecule has 0 radical (unpaired) electrons. The van der Waals surface area contributed by atoms with Crippen LogP contribution in [0, 0.1) is 0 Å². The third kappa shape index (κ3) is 4.32. The Bertz CT molecular complexity index is 800.